The van der Waals surface area contributed by atoms with E-state index < -0.39 is 0 Å². The van der Waals surface area contributed by atoms with Crippen LogP contribution in [0.2, 0.25) is 0 Å². The summed E-state index contributed by atoms with van der Waals surface area (Å²) in [5.41, 5.74) is 3.45. The van der Waals surface area contributed by atoms with Crippen molar-refractivity contribution in [3.8, 4) is 0 Å². The molecule has 1 fully saturated rings. The molecular formula is C15H20N2O2. The van der Waals surface area contributed by atoms with Gasteiger partial charge in [0.2, 0.25) is 5.91 Å². The first-order valence-corrected chi connectivity index (χ1v) is 6.85. The molecular weight excluding hydrogens is 240 g/mol. The maximum absolute atomic E-state index is 11.7. The molecule has 3 rings (SSSR count). The van der Waals surface area contributed by atoms with Crippen LogP contribution in [0, 0.1) is 5.92 Å². The van der Waals surface area contributed by atoms with E-state index in [0.29, 0.717) is 18.4 Å². The Balaban J connectivity index is 1.89. The molecule has 19 heavy (non-hydrogen) atoms. The number of nitrogens with one attached hydrogen (secondary N) is 1. The number of ether oxygens (including phenoxy) is 1. The monoisotopic (exact) mass is 260 g/mol. The van der Waals surface area contributed by atoms with Gasteiger partial charge in [0, 0.05) is 31.3 Å². The third-order valence-electron chi connectivity index (χ3n) is 4.29. The number of hydrogen-bond acceptors (Lipinski definition) is 3. The zero-order valence-electron chi connectivity index (χ0n) is 11.5. The topological polar surface area (TPSA) is 41.6 Å². The molecule has 4 heteroatoms. The van der Waals surface area contributed by atoms with E-state index in [0.717, 1.165) is 30.9 Å². The van der Waals surface area contributed by atoms with Crippen LogP contribution in [0.25, 0.3) is 0 Å². The second-order valence-corrected chi connectivity index (χ2v) is 5.41. The number of carbonyl (C=O) groups excluding carboxylic acids is 1. The number of fused-ring (bicyclic) bond motifs is 1. The molecule has 2 heterocycles. The molecule has 2 aliphatic heterocycles. The van der Waals surface area contributed by atoms with E-state index in [1.807, 2.05) is 14.1 Å². The van der Waals surface area contributed by atoms with Crippen LogP contribution in [0.3, 0.4) is 0 Å². The number of hydrogen-bond donors (Lipinski definition) is 1. The summed E-state index contributed by atoms with van der Waals surface area (Å²) in [5, 5.41) is 3.40. The predicted octanol–water partition coefficient (Wildman–Crippen LogP) is 1.50. The Hall–Kier alpha value is -1.39. The highest BCUT2D eigenvalue weighted by atomic mass is 16.5. The summed E-state index contributed by atoms with van der Waals surface area (Å²) in [5.74, 6) is 0.704. The molecule has 0 aromatic heterocycles. The lowest BCUT2D eigenvalue weighted by Gasteiger charge is -2.23. The number of benzene rings is 1. The van der Waals surface area contributed by atoms with Crippen molar-refractivity contribution in [3.63, 3.8) is 0 Å². The van der Waals surface area contributed by atoms with Crippen molar-refractivity contribution >= 4 is 11.6 Å². The Morgan fingerprint density at radius 1 is 1.47 bits per heavy atom. The largest absolute Gasteiger partial charge is 0.381 e. The highest BCUT2D eigenvalue weighted by Gasteiger charge is 2.29. The molecule has 1 aromatic carbocycles. The van der Waals surface area contributed by atoms with Gasteiger partial charge < -0.3 is 15.0 Å². The Morgan fingerprint density at radius 2 is 2.32 bits per heavy atom. The summed E-state index contributed by atoms with van der Waals surface area (Å²) in [6.07, 6.45) is 1.62. The third-order valence-corrected chi connectivity index (χ3v) is 4.29. The van der Waals surface area contributed by atoms with Crippen LogP contribution < -0.4 is 10.2 Å². The SMILES string of the molecule is CNC(c1ccc2c(c1)CC(=O)N2C)C1CCOC1. The molecule has 102 valence electrons. The highest BCUT2D eigenvalue weighted by molar-refractivity contribution is 6.00. The molecule has 1 saturated heterocycles. The smallest absolute Gasteiger partial charge is 0.231 e. The van der Waals surface area contributed by atoms with Gasteiger partial charge in [-0.1, -0.05) is 12.1 Å². The molecule has 1 aromatic rings. The molecule has 1 N–H and O–H groups in total. The average molecular weight is 260 g/mol. The van der Waals surface area contributed by atoms with E-state index in [9.17, 15) is 4.79 Å². The van der Waals surface area contributed by atoms with E-state index in [2.05, 4.69) is 23.5 Å². The lowest BCUT2D eigenvalue weighted by atomic mass is 9.91. The first-order valence-electron chi connectivity index (χ1n) is 6.85. The summed E-state index contributed by atoms with van der Waals surface area (Å²) in [6, 6.07) is 6.69. The van der Waals surface area contributed by atoms with Gasteiger partial charge in [0.05, 0.1) is 13.0 Å². The van der Waals surface area contributed by atoms with E-state index in [1.54, 1.807) is 4.90 Å². The predicted molar refractivity (Wildman–Crippen MR) is 74.3 cm³/mol. The van der Waals surface area contributed by atoms with Crippen LogP contribution in [-0.4, -0.2) is 33.2 Å². The van der Waals surface area contributed by atoms with Crippen LogP contribution in [0.1, 0.15) is 23.6 Å². The maximum atomic E-state index is 11.7. The minimum Gasteiger partial charge on any atom is -0.381 e. The minimum absolute atomic E-state index is 0.178. The molecule has 0 radical (unpaired) electrons. The van der Waals surface area contributed by atoms with Gasteiger partial charge in [0.25, 0.3) is 0 Å². The molecule has 0 aliphatic carbocycles. The summed E-state index contributed by atoms with van der Waals surface area (Å²) in [7, 11) is 3.84. The van der Waals surface area contributed by atoms with E-state index in [-0.39, 0.29) is 5.91 Å². The van der Waals surface area contributed by atoms with Crippen LogP contribution >= 0.6 is 0 Å². The Labute approximate surface area is 113 Å². The van der Waals surface area contributed by atoms with Gasteiger partial charge in [-0.15, -0.1) is 0 Å². The van der Waals surface area contributed by atoms with Crippen LogP contribution in [-0.2, 0) is 16.0 Å². The molecule has 2 aliphatic rings. The number of rotatable bonds is 3. The normalized spacial score (nSPS) is 23.8. The lowest BCUT2D eigenvalue weighted by molar-refractivity contribution is -0.117. The van der Waals surface area contributed by atoms with Crippen molar-refractivity contribution in [2.45, 2.75) is 18.9 Å². The molecule has 4 nitrogen and oxygen atoms in total. The molecule has 0 spiro atoms. The highest BCUT2D eigenvalue weighted by Crippen LogP contribution is 2.34. The first-order chi connectivity index (χ1) is 9.20. The second kappa shape index (κ2) is 4.94. The van der Waals surface area contributed by atoms with Crippen molar-refractivity contribution in [1.29, 1.82) is 0 Å². The zero-order valence-corrected chi connectivity index (χ0v) is 11.5. The van der Waals surface area contributed by atoms with Gasteiger partial charge >= 0.3 is 0 Å². The van der Waals surface area contributed by atoms with Gasteiger partial charge in [-0.2, -0.15) is 0 Å². The molecule has 2 unspecified atom stereocenters. The first kappa shape index (κ1) is 12.6. The molecule has 1 amide bonds. The van der Waals surface area contributed by atoms with Gasteiger partial charge in [-0.3, -0.25) is 4.79 Å². The summed E-state index contributed by atoms with van der Waals surface area (Å²) in [6.45, 7) is 1.68. The van der Waals surface area contributed by atoms with Crippen LogP contribution in [0.4, 0.5) is 5.69 Å². The summed E-state index contributed by atoms with van der Waals surface area (Å²) in [4.78, 5) is 13.5. The number of carbonyl (C=O) groups is 1. The fourth-order valence-corrected chi connectivity index (χ4v) is 3.17. The summed E-state index contributed by atoms with van der Waals surface area (Å²) < 4.78 is 5.49. The van der Waals surface area contributed by atoms with Crippen LogP contribution in [0.5, 0.6) is 0 Å². The van der Waals surface area contributed by atoms with E-state index in [4.69, 9.17) is 4.74 Å². The number of amides is 1. The van der Waals surface area contributed by atoms with E-state index >= 15 is 0 Å². The fraction of sp³-hybridized carbons (Fsp3) is 0.533. The maximum Gasteiger partial charge on any atom is 0.231 e. The van der Waals surface area contributed by atoms with Crippen molar-refractivity contribution in [1.82, 2.24) is 5.32 Å². The van der Waals surface area contributed by atoms with E-state index in [1.165, 1.54) is 5.56 Å². The minimum atomic E-state index is 0.178. The zero-order chi connectivity index (χ0) is 13.4. The molecule has 0 bridgehead atoms. The summed E-state index contributed by atoms with van der Waals surface area (Å²) >= 11 is 0. The van der Waals surface area contributed by atoms with Crippen molar-refractivity contribution in [3.05, 3.63) is 29.3 Å². The van der Waals surface area contributed by atoms with Gasteiger partial charge in [0.15, 0.2) is 0 Å². The molecule has 2 atom stereocenters. The standard InChI is InChI=1S/C15H20N2O2/c1-16-15(11-5-6-19-9-11)10-3-4-13-12(7-10)8-14(18)17(13)2/h3-4,7,11,15-16H,5-6,8-9H2,1-2H3. The Kier molecular flexibility index (Phi) is 3.29. The Morgan fingerprint density at radius 3 is 3.00 bits per heavy atom. The fourth-order valence-electron chi connectivity index (χ4n) is 3.17. The van der Waals surface area contributed by atoms with Gasteiger partial charge in [0.1, 0.15) is 0 Å². The van der Waals surface area contributed by atoms with Crippen molar-refractivity contribution in [2.24, 2.45) is 5.92 Å². The second-order valence-electron chi connectivity index (χ2n) is 5.41. The van der Waals surface area contributed by atoms with Gasteiger partial charge in [-0.25, -0.2) is 0 Å². The average Bonchev–Trinajstić information content (AvgIpc) is 3.01. The van der Waals surface area contributed by atoms with Crippen LogP contribution in [0.15, 0.2) is 18.2 Å². The molecule has 0 saturated carbocycles. The number of anilines is 1. The van der Waals surface area contributed by atoms with Crippen molar-refractivity contribution in [2.75, 3.05) is 32.2 Å². The van der Waals surface area contributed by atoms with Crippen molar-refractivity contribution < 1.29 is 9.53 Å². The lowest BCUT2D eigenvalue weighted by Crippen LogP contribution is -2.25. The van der Waals surface area contributed by atoms with Gasteiger partial charge in [-0.05, 0) is 30.7 Å². The quantitative estimate of drug-likeness (QED) is 0.895. The Bertz CT molecular complexity index is 495. The third kappa shape index (κ3) is 2.15. The number of nitrogens with zero attached hydrogens (tertiary/aromatic N) is 1. The number of likely N-dealkylation sites (N-methyl/N-ethyl adjacent to an activating group) is 1.